The number of amides is 1. The number of likely N-dealkylation sites (tertiary alicyclic amines) is 1. The minimum atomic E-state index is 0.0625. The predicted molar refractivity (Wildman–Crippen MR) is 75.3 cm³/mol. The summed E-state index contributed by atoms with van der Waals surface area (Å²) in [7, 11) is 0. The van der Waals surface area contributed by atoms with Crippen LogP contribution in [0.15, 0.2) is 12.3 Å². The molecule has 0 aromatic carbocycles. The molecule has 2 fully saturated rings. The molecule has 0 unspecified atom stereocenters. The summed E-state index contributed by atoms with van der Waals surface area (Å²) in [4.78, 5) is 14.6. The maximum Gasteiger partial charge on any atom is 0.228 e. The van der Waals surface area contributed by atoms with Gasteiger partial charge in [0.25, 0.3) is 0 Å². The SMILES string of the molecule is C[C@H]1OCCC[C@H]1C(=O)N1CCC(c2ccn[nH]2)CC1. The lowest BCUT2D eigenvalue weighted by molar-refractivity contribution is -0.145. The van der Waals surface area contributed by atoms with Gasteiger partial charge in [0.2, 0.25) is 5.91 Å². The molecule has 2 aliphatic heterocycles. The van der Waals surface area contributed by atoms with Gasteiger partial charge in [-0.3, -0.25) is 9.89 Å². The van der Waals surface area contributed by atoms with Gasteiger partial charge < -0.3 is 9.64 Å². The molecule has 0 bridgehead atoms. The van der Waals surface area contributed by atoms with E-state index in [9.17, 15) is 4.79 Å². The Kier molecular flexibility index (Phi) is 4.05. The van der Waals surface area contributed by atoms with Gasteiger partial charge in [-0.1, -0.05) is 0 Å². The third kappa shape index (κ3) is 2.73. The Morgan fingerprint density at radius 2 is 2.20 bits per heavy atom. The molecule has 1 aromatic heterocycles. The molecule has 2 atom stereocenters. The molecule has 0 spiro atoms. The highest BCUT2D eigenvalue weighted by Crippen LogP contribution is 2.29. The zero-order chi connectivity index (χ0) is 13.9. The van der Waals surface area contributed by atoms with Crippen molar-refractivity contribution in [1.82, 2.24) is 15.1 Å². The Balaban J connectivity index is 1.56. The number of ether oxygens (including phenoxy) is 1. The molecule has 1 amide bonds. The van der Waals surface area contributed by atoms with E-state index >= 15 is 0 Å². The number of hydrogen-bond donors (Lipinski definition) is 1. The second kappa shape index (κ2) is 5.95. The van der Waals surface area contributed by atoms with Gasteiger partial charge in [0.1, 0.15) is 0 Å². The van der Waals surface area contributed by atoms with Gasteiger partial charge in [-0.25, -0.2) is 0 Å². The number of piperidine rings is 1. The highest BCUT2D eigenvalue weighted by Gasteiger charge is 2.33. The Morgan fingerprint density at radius 3 is 2.85 bits per heavy atom. The summed E-state index contributed by atoms with van der Waals surface area (Å²) in [6, 6.07) is 2.04. The van der Waals surface area contributed by atoms with Gasteiger partial charge in [0, 0.05) is 37.5 Å². The fourth-order valence-electron chi connectivity index (χ4n) is 3.39. The standard InChI is InChI=1S/C15H23N3O2/c1-11-13(3-2-10-20-11)15(19)18-8-5-12(6-9-18)14-4-7-16-17-14/h4,7,11-13H,2-3,5-6,8-10H2,1H3,(H,16,17)/t11-,13-/m1/s1. The molecular formula is C15H23N3O2. The third-order valence-electron chi connectivity index (χ3n) is 4.69. The number of carbonyl (C=O) groups excluding carboxylic acids is 1. The van der Waals surface area contributed by atoms with Gasteiger partial charge in [0.05, 0.1) is 12.0 Å². The topological polar surface area (TPSA) is 58.2 Å². The van der Waals surface area contributed by atoms with E-state index in [1.165, 1.54) is 5.69 Å². The van der Waals surface area contributed by atoms with E-state index in [1.807, 2.05) is 17.9 Å². The summed E-state index contributed by atoms with van der Waals surface area (Å²) < 4.78 is 5.62. The second-order valence-electron chi connectivity index (χ2n) is 5.94. The molecule has 2 aliphatic rings. The fourth-order valence-corrected chi connectivity index (χ4v) is 3.39. The van der Waals surface area contributed by atoms with Crippen molar-refractivity contribution in [3.63, 3.8) is 0 Å². The van der Waals surface area contributed by atoms with E-state index in [0.717, 1.165) is 45.4 Å². The average Bonchev–Trinajstić information content (AvgIpc) is 3.01. The van der Waals surface area contributed by atoms with E-state index in [-0.39, 0.29) is 12.0 Å². The first kappa shape index (κ1) is 13.6. The Labute approximate surface area is 119 Å². The highest BCUT2D eigenvalue weighted by molar-refractivity contribution is 5.79. The number of H-pyrrole nitrogens is 1. The van der Waals surface area contributed by atoms with Gasteiger partial charge in [0.15, 0.2) is 0 Å². The van der Waals surface area contributed by atoms with E-state index in [0.29, 0.717) is 11.8 Å². The van der Waals surface area contributed by atoms with Crippen molar-refractivity contribution in [3.05, 3.63) is 18.0 Å². The van der Waals surface area contributed by atoms with Crippen LogP contribution in [0.4, 0.5) is 0 Å². The van der Waals surface area contributed by atoms with Crippen molar-refractivity contribution in [3.8, 4) is 0 Å². The van der Waals surface area contributed by atoms with Crippen LogP contribution in [0.5, 0.6) is 0 Å². The van der Waals surface area contributed by atoms with E-state index < -0.39 is 0 Å². The number of hydrogen-bond acceptors (Lipinski definition) is 3. The maximum absolute atomic E-state index is 12.6. The zero-order valence-corrected chi connectivity index (χ0v) is 12.0. The molecular weight excluding hydrogens is 254 g/mol. The molecule has 0 saturated carbocycles. The number of aromatic nitrogens is 2. The van der Waals surface area contributed by atoms with Crippen molar-refractivity contribution in [2.75, 3.05) is 19.7 Å². The van der Waals surface area contributed by atoms with Crippen LogP contribution >= 0.6 is 0 Å². The predicted octanol–water partition coefficient (Wildman–Crippen LogP) is 1.93. The van der Waals surface area contributed by atoms with Crippen molar-refractivity contribution in [1.29, 1.82) is 0 Å². The van der Waals surface area contributed by atoms with Crippen LogP contribution in [0.25, 0.3) is 0 Å². The number of rotatable bonds is 2. The second-order valence-corrected chi connectivity index (χ2v) is 5.94. The minimum absolute atomic E-state index is 0.0625. The lowest BCUT2D eigenvalue weighted by Crippen LogP contribution is -2.46. The minimum Gasteiger partial charge on any atom is -0.378 e. The van der Waals surface area contributed by atoms with Crippen LogP contribution in [0.2, 0.25) is 0 Å². The van der Waals surface area contributed by atoms with Crippen molar-refractivity contribution >= 4 is 5.91 Å². The molecule has 0 radical (unpaired) electrons. The normalized spacial score (nSPS) is 28.6. The maximum atomic E-state index is 12.6. The van der Waals surface area contributed by atoms with Crippen LogP contribution in [0, 0.1) is 5.92 Å². The Bertz CT molecular complexity index is 438. The van der Waals surface area contributed by atoms with Crippen molar-refractivity contribution in [2.45, 2.75) is 44.6 Å². The van der Waals surface area contributed by atoms with Crippen molar-refractivity contribution < 1.29 is 9.53 Å². The van der Waals surface area contributed by atoms with Gasteiger partial charge in [-0.2, -0.15) is 5.10 Å². The molecule has 5 nitrogen and oxygen atoms in total. The summed E-state index contributed by atoms with van der Waals surface area (Å²) in [5.41, 5.74) is 1.20. The molecule has 1 aromatic rings. The van der Waals surface area contributed by atoms with E-state index in [4.69, 9.17) is 4.74 Å². The van der Waals surface area contributed by atoms with Crippen LogP contribution in [-0.2, 0) is 9.53 Å². The van der Waals surface area contributed by atoms with E-state index in [2.05, 4.69) is 10.2 Å². The Hall–Kier alpha value is -1.36. The number of aromatic amines is 1. The number of carbonyl (C=O) groups is 1. The smallest absolute Gasteiger partial charge is 0.228 e. The summed E-state index contributed by atoms with van der Waals surface area (Å²) in [6.45, 7) is 4.53. The first-order chi connectivity index (χ1) is 9.75. The Morgan fingerprint density at radius 1 is 1.40 bits per heavy atom. The summed E-state index contributed by atoms with van der Waals surface area (Å²) in [6.07, 6.45) is 5.90. The first-order valence-corrected chi connectivity index (χ1v) is 7.65. The lowest BCUT2D eigenvalue weighted by atomic mass is 9.90. The third-order valence-corrected chi connectivity index (χ3v) is 4.69. The van der Waals surface area contributed by atoms with E-state index in [1.54, 1.807) is 6.20 Å². The molecule has 5 heteroatoms. The monoisotopic (exact) mass is 277 g/mol. The number of nitrogens with one attached hydrogen (secondary N) is 1. The molecule has 20 heavy (non-hydrogen) atoms. The summed E-state index contributed by atoms with van der Waals surface area (Å²) in [5.74, 6) is 0.870. The van der Waals surface area contributed by atoms with Crippen molar-refractivity contribution in [2.24, 2.45) is 5.92 Å². The number of nitrogens with zero attached hydrogens (tertiary/aromatic N) is 2. The van der Waals surface area contributed by atoms with Crippen LogP contribution in [0.3, 0.4) is 0 Å². The van der Waals surface area contributed by atoms with Crippen LogP contribution < -0.4 is 0 Å². The molecule has 110 valence electrons. The van der Waals surface area contributed by atoms with Crippen LogP contribution in [-0.4, -0.2) is 46.8 Å². The molecule has 1 N–H and O–H groups in total. The average molecular weight is 277 g/mol. The lowest BCUT2D eigenvalue weighted by Gasteiger charge is -2.36. The van der Waals surface area contributed by atoms with Gasteiger partial charge in [-0.15, -0.1) is 0 Å². The van der Waals surface area contributed by atoms with Crippen LogP contribution in [0.1, 0.15) is 44.2 Å². The molecule has 3 heterocycles. The summed E-state index contributed by atoms with van der Waals surface area (Å²) >= 11 is 0. The fraction of sp³-hybridized carbons (Fsp3) is 0.733. The highest BCUT2D eigenvalue weighted by atomic mass is 16.5. The summed E-state index contributed by atoms with van der Waals surface area (Å²) in [5, 5.41) is 7.06. The molecule has 2 saturated heterocycles. The van der Waals surface area contributed by atoms with Gasteiger partial charge >= 0.3 is 0 Å². The molecule has 3 rings (SSSR count). The first-order valence-electron chi connectivity index (χ1n) is 7.65. The van der Waals surface area contributed by atoms with Gasteiger partial charge in [-0.05, 0) is 38.7 Å². The molecule has 0 aliphatic carbocycles. The largest absolute Gasteiger partial charge is 0.378 e. The quantitative estimate of drug-likeness (QED) is 0.898. The zero-order valence-electron chi connectivity index (χ0n) is 12.0.